The molecule has 0 fully saturated rings. The molecular formula is C30H36ClN3O5S. The molecule has 1 atom stereocenters. The first-order valence-corrected chi connectivity index (χ1v) is 14.9. The molecule has 3 aromatic rings. The third-order valence-electron chi connectivity index (χ3n) is 6.54. The number of sulfonamides is 1. The van der Waals surface area contributed by atoms with Gasteiger partial charge in [0.25, 0.3) is 10.0 Å². The predicted octanol–water partition coefficient (Wildman–Crippen LogP) is 5.19. The van der Waals surface area contributed by atoms with Gasteiger partial charge in [-0.2, -0.15) is 0 Å². The first-order chi connectivity index (χ1) is 19.1. The molecule has 10 heteroatoms. The maximum Gasteiger partial charge on any atom is 0.264 e. The van der Waals surface area contributed by atoms with Crippen LogP contribution in [0.3, 0.4) is 0 Å². The van der Waals surface area contributed by atoms with Crippen LogP contribution in [0.25, 0.3) is 0 Å². The van der Waals surface area contributed by atoms with E-state index in [0.29, 0.717) is 17.3 Å². The minimum absolute atomic E-state index is 0.0317. The maximum absolute atomic E-state index is 14.0. The van der Waals surface area contributed by atoms with E-state index >= 15 is 0 Å². The first-order valence-electron chi connectivity index (χ1n) is 13.1. The van der Waals surface area contributed by atoms with E-state index in [0.717, 1.165) is 28.3 Å². The molecule has 8 nitrogen and oxygen atoms in total. The fourth-order valence-corrected chi connectivity index (χ4v) is 5.67. The highest BCUT2D eigenvalue weighted by Crippen LogP contribution is 2.28. The van der Waals surface area contributed by atoms with E-state index in [2.05, 4.69) is 5.32 Å². The molecule has 0 bridgehead atoms. The van der Waals surface area contributed by atoms with Gasteiger partial charge >= 0.3 is 0 Å². The number of hydrogen-bond acceptors (Lipinski definition) is 5. The summed E-state index contributed by atoms with van der Waals surface area (Å²) >= 11 is 6.36. The first kappa shape index (κ1) is 31.0. The Morgan fingerprint density at radius 3 is 2.40 bits per heavy atom. The van der Waals surface area contributed by atoms with Crippen LogP contribution in [0, 0.1) is 6.92 Å². The standard InChI is InChI=1S/C30H36ClN3O5S/c1-5-6-17-32-30(36)23(3)33(20-24-11-10-12-26(18-24)39-4)29(35)21-34(25-16-15-22(2)28(31)19-25)40(37,38)27-13-8-7-9-14-27/h7-16,18-19,23H,5-6,17,20-21H2,1-4H3,(H,32,36)/t23-/m1/s1. The summed E-state index contributed by atoms with van der Waals surface area (Å²) in [4.78, 5) is 28.4. The predicted molar refractivity (Wildman–Crippen MR) is 158 cm³/mol. The molecule has 0 saturated heterocycles. The largest absolute Gasteiger partial charge is 0.497 e. The van der Waals surface area contributed by atoms with Gasteiger partial charge in [0.1, 0.15) is 18.3 Å². The van der Waals surface area contributed by atoms with Gasteiger partial charge in [0.05, 0.1) is 17.7 Å². The molecule has 0 aliphatic rings. The Kier molecular flexibility index (Phi) is 11.0. The van der Waals surface area contributed by atoms with Crippen molar-refractivity contribution in [3.8, 4) is 5.75 Å². The van der Waals surface area contributed by atoms with E-state index in [-0.39, 0.29) is 23.0 Å². The molecule has 2 amide bonds. The molecule has 0 heterocycles. The number of ether oxygens (including phenoxy) is 1. The molecule has 0 radical (unpaired) electrons. The zero-order valence-corrected chi connectivity index (χ0v) is 24.8. The number of carbonyl (C=O) groups excluding carboxylic acids is 2. The van der Waals surface area contributed by atoms with E-state index in [1.54, 1.807) is 62.6 Å². The van der Waals surface area contributed by atoms with Crippen LogP contribution >= 0.6 is 11.6 Å². The topological polar surface area (TPSA) is 96.0 Å². The minimum atomic E-state index is -4.15. The Labute approximate surface area is 241 Å². The number of carbonyl (C=O) groups is 2. The third-order valence-corrected chi connectivity index (χ3v) is 8.73. The lowest BCUT2D eigenvalue weighted by Gasteiger charge is -2.32. The van der Waals surface area contributed by atoms with Crippen LogP contribution in [-0.4, -0.2) is 51.4 Å². The van der Waals surface area contributed by atoms with Crippen molar-refractivity contribution in [2.75, 3.05) is 24.5 Å². The van der Waals surface area contributed by atoms with Crippen molar-refractivity contribution < 1.29 is 22.7 Å². The Balaban J connectivity index is 2.02. The lowest BCUT2D eigenvalue weighted by Crippen LogP contribution is -2.51. The van der Waals surface area contributed by atoms with E-state index in [1.165, 1.54) is 23.1 Å². The number of anilines is 1. The number of nitrogens with zero attached hydrogens (tertiary/aromatic N) is 2. The number of unbranched alkanes of at least 4 members (excludes halogenated alkanes) is 1. The van der Waals surface area contributed by atoms with Gasteiger partial charge < -0.3 is 15.0 Å². The fourth-order valence-electron chi connectivity index (χ4n) is 4.07. The number of aryl methyl sites for hydroxylation is 1. The molecule has 214 valence electrons. The number of amides is 2. The number of halogens is 1. The summed E-state index contributed by atoms with van der Waals surface area (Å²) in [6.45, 7) is 5.49. The third kappa shape index (κ3) is 7.76. The van der Waals surface area contributed by atoms with Crippen molar-refractivity contribution in [3.63, 3.8) is 0 Å². The van der Waals surface area contributed by atoms with Crippen LogP contribution in [-0.2, 0) is 26.2 Å². The van der Waals surface area contributed by atoms with Gasteiger partial charge in [-0.1, -0.05) is 61.3 Å². The average Bonchev–Trinajstić information content (AvgIpc) is 2.96. The van der Waals surface area contributed by atoms with Gasteiger partial charge in [0, 0.05) is 18.1 Å². The van der Waals surface area contributed by atoms with E-state index in [9.17, 15) is 18.0 Å². The van der Waals surface area contributed by atoms with Gasteiger partial charge in [0.15, 0.2) is 0 Å². The van der Waals surface area contributed by atoms with Gasteiger partial charge in [-0.05, 0) is 67.8 Å². The van der Waals surface area contributed by atoms with Crippen LogP contribution in [0.5, 0.6) is 5.75 Å². The van der Waals surface area contributed by atoms with Crippen LogP contribution in [0.1, 0.15) is 37.8 Å². The molecule has 3 aromatic carbocycles. The maximum atomic E-state index is 14.0. The van der Waals surface area contributed by atoms with Gasteiger partial charge in [-0.3, -0.25) is 13.9 Å². The Morgan fingerprint density at radius 1 is 1.02 bits per heavy atom. The van der Waals surface area contributed by atoms with Crippen LogP contribution in [0.15, 0.2) is 77.7 Å². The fraction of sp³-hybridized carbons (Fsp3) is 0.333. The Bertz CT molecular complexity index is 1420. The van der Waals surface area contributed by atoms with Crippen molar-refractivity contribution >= 4 is 39.1 Å². The molecule has 0 spiro atoms. The minimum Gasteiger partial charge on any atom is -0.497 e. The number of benzene rings is 3. The monoisotopic (exact) mass is 585 g/mol. The van der Waals surface area contributed by atoms with Crippen LogP contribution in [0.4, 0.5) is 5.69 Å². The summed E-state index contributed by atoms with van der Waals surface area (Å²) in [6.07, 6.45) is 1.71. The second-order valence-electron chi connectivity index (χ2n) is 9.45. The summed E-state index contributed by atoms with van der Waals surface area (Å²) < 4.78 is 34.0. The Hall–Kier alpha value is -3.56. The SMILES string of the molecule is CCCCNC(=O)[C@@H](C)N(Cc1cccc(OC)c1)C(=O)CN(c1ccc(C)c(Cl)c1)S(=O)(=O)c1ccccc1. The quantitative estimate of drug-likeness (QED) is 0.279. The molecule has 0 unspecified atom stereocenters. The molecule has 1 N–H and O–H groups in total. The molecule has 0 aliphatic carbocycles. The van der Waals surface area contributed by atoms with Crippen molar-refractivity contribution in [2.45, 2.75) is 51.1 Å². The van der Waals surface area contributed by atoms with Crippen molar-refractivity contribution in [3.05, 3.63) is 88.9 Å². The summed E-state index contributed by atoms with van der Waals surface area (Å²) in [6, 6.07) is 19.1. The lowest BCUT2D eigenvalue weighted by atomic mass is 10.1. The summed E-state index contributed by atoms with van der Waals surface area (Å²) in [7, 11) is -2.61. The van der Waals surface area contributed by atoms with E-state index < -0.39 is 28.5 Å². The number of hydrogen-bond donors (Lipinski definition) is 1. The Morgan fingerprint density at radius 2 is 1.75 bits per heavy atom. The zero-order valence-electron chi connectivity index (χ0n) is 23.3. The molecule has 0 aromatic heterocycles. The molecule has 0 saturated carbocycles. The highest BCUT2D eigenvalue weighted by atomic mass is 35.5. The van der Waals surface area contributed by atoms with Gasteiger partial charge in [-0.25, -0.2) is 8.42 Å². The second kappa shape index (κ2) is 14.2. The van der Waals surface area contributed by atoms with Crippen molar-refractivity contribution in [2.24, 2.45) is 0 Å². The van der Waals surface area contributed by atoms with Crippen molar-refractivity contribution in [1.82, 2.24) is 10.2 Å². The normalized spacial score (nSPS) is 11.9. The van der Waals surface area contributed by atoms with Crippen LogP contribution < -0.4 is 14.4 Å². The number of methoxy groups -OCH3 is 1. The van der Waals surface area contributed by atoms with E-state index in [4.69, 9.17) is 16.3 Å². The zero-order chi connectivity index (χ0) is 29.3. The summed E-state index contributed by atoms with van der Waals surface area (Å²) in [5.74, 6) is -0.259. The second-order valence-corrected chi connectivity index (χ2v) is 11.7. The molecule has 40 heavy (non-hydrogen) atoms. The van der Waals surface area contributed by atoms with Crippen LogP contribution in [0.2, 0.25) is 5.02 Å². The molecular weight excluding hydrogens is 550 g/mol. The lowest BCUT2D eigenvalue weighted by molar-refractivity contribution is -0.139. The van der Waals surface area contributed by atoms with Gasteiger partial charge in [-0.15, -0.1) is 0 Å². The number of rotatable bonds is 13. The van der Waals surface area contributed by atoms with E-state index in [1.807, 2.05) is 19.9 Å². The van der Waals surface area contributed by atoms with Gasteiger partial charge in [0.2, 0.25) is 11.8 Å². The highest BCUT2D eigenvalue weighted by Gasteiger charge is 2.32. The number of nitrogens with one attached hydrogen (secondary N) is 1. The molecule has 3 rings (SSSR count). The van der Waals surface area contributed by atoms with Crippen molar-refractivity contribution in [1.29, 1.82) is 0 Å². The smallest absolute Gasteiger partial charge is 0.264 e. The molecule has 0 aliphatic heterocycles. The summed E-state index contributed by atoms with van der Waals surface area (Å²) in [5, 5.41) is 3.25. The highest BCUT2D eigenvalue weighted by molar-refractivity contribution is 7.92. The summed E-state index contributed by atoms with van der Waals surface area (Å²) in [5.41, 5.74) is 1.75. The average molecular weight is 586 g/mol.